The maximum absolute atomic E-state index is 13.3. The molecule has 2 aliphatic heterocycles. The number of carbonyl (C=O) groups is 2. The minimum absolute atomic E-state index is 0.257. The molecule has 6 nitrogen and oxygen atoms in total. The fourth-order valence-corrected chi connectivity index (χ4v) is 5.44. The van der Waals surface area contributed by atoms with E-state index in [0.717, 1.165) is 34.7 Å². The first-order valence-electron chi connectivity index (χ1n) is 11.6. The Hall–Kier alpha value is -3.63. The zero-order valence-corrected chi connectivity index (χ0v) is 21.2. The van der Waals surface area contributed by atoms with Gasteiger partial charge in [0, 0.05) is 17.9 Å². The number of nitrogens with one attached hydrogen (secondary N) is 1. The second-order valence-electron chi connectivity index (χ2n) is 8.66. The standard InChI is InChI=1S/C27H20ClF3N4O2S/c28-18-12-10-17(11-13-18)22-14-21(16-6-2-1-3-7-16)34-35(22)26-33-25(37)23(38-26)15-24(36)32-20-9-5-4-8-19(20)27(29,30)31/h1-13,22-23H,14-15H2,(H,32,36). The van der Waals surface area contributed by atoms with Gasteiger partial charge in [0.2, 0.25) is 5.91 Å². The molecular formula is C27H20ClF3N4O2S. The van der Waals surface area contributed by atoms with Crippen LogP contribution >= 0.6 is 23.4 Å². The summed E-state index contributed by atoms with van der Waals surface area (Å²) in [7, 11) is 0. The van der Waals surface area contributed by atoms with Crippen LogP contribution in [0.4, 0.5) is 18.9 Å². The molecule has 11 heteroatoms. The molecule has 0 aliphatic carbocycles. The van der Waals surface area contributed by atoms with Gasteiger partial charge in [-0.1, -0.05) is 78.0 Å². The Bertz CT molecular complexity index is 1430. The third-order valence-corrected chi connectivity index (χ3v) is 7.47. The van der Waals surface area contributed by atoms with E-state index in [-0.39, 0.29) is 18.2 Å². The van der Waals surface area contributed by atoms with Crippen LogP contribution in [0.3, 0.4) is 0 Å². The molecule has 0 bridgehead atoms. The van der Waals surface area contributed by atoms with E-state index in [1.165, 1.54) is 18.2 Å². The third-order valence-electron chi connectivity index (χ3n) is 6.07. The van der Waals surface area contributed by atoms with Gasteiger partial charge in [0.25, 0.3) is 5.91 Å². The summed E-state index contributed by atoms with van der Waals surface area (Å²) in [5, 5.41) is 8.75. The molecule has 2 heterocycles. The zero-order valence-electron chi connectivity index (χ0n) is 19.7. The van der Waals surface area contributed by atoms with E-state index < -0.39 is 28.8 Å². The number of benzene rings is 3. The smallest absolute Gasteiger partial charge is 0.325 e. The molecule has 0 saturated heterocycles. The maximum atomic E-state index is 13.3. The van der Waals surface area contributed by atoms with Gasteiger partial charge in [0.05, 0.1) is 23.0 Å². The number of thioether (sulfide) groups is 1. The van der Waals surface area contributed by atoms with Gasteiger partial charge in [0.15, 0.2) is 5.17 Å². The summed E-state index contributed by atoms with van der Waals surface area (Å²) in [5.74, 6) is -1.25. The van der Waals surface area contributed by atoms with Crippen LogP contribution in [0.1, 0.15) is 35.6 Å². The number of hydrogen-bond donors (Lipinski definition) is 1. The minimum atomic E-state index is -4.63. The highest BCUT2D eigenvalue weighted by molar-refractivity contribution is 8.15. The van der Waals surface area contributed by atoms with Crippen molar-refractivity contribution in [3.05, 3.63) is 101 Å². The average molecular weight is 557 g/mol. The second kappa shape index (κ2) is 10.6. The maximum Gasteiger partial charge on any atom is 0.418 e. The number of hydrazone groups is 1. The van der Waals surface area contributed by atoms with Crippen molar-refractivity contribution in [3.63, 3.8) is 0 Å². The Kier molecular flexibility index (Phi) is 7.27. The summed E-state index contributed by atoms with van der Waals surface area (Å²) >= 11 is 7.14. The van der Waals surface area contributed by atoms with Gasteiger partial charge >= 0.3 is 6.18 Å². The Morgan fingerprint density at radius 3 is 2.42 bits per heavy atom. The molecule has 2 amide bonds. The second-order valence-corrected chi connectivity index (χ2v) is 10.3. The quantitative estimate of drug-likeness (QED) is 0.387. The number of para-hydroxylation sites is 1. The third kappa shape index (κ3) is 5.61. The lowest BCUT2D eigenvalue weighted by Crippen LogP contribution is -2.25. The topological polar surface area (TPSA) is 74.1 Å². The van der Waals surface area contributed by atoms with E-state index in [1.807, 2.05) is 42.5 Å². The van der Waals surface area contributed by atoms with E-state index in [0.29, 0.717) is 16.6 Å². The van der Waals surface area contributed by atoms with Crippen LogP contribution in [0.15, 0.2) is 89.0 Å². The van der Waals surface area contributed by atoms with Gasteiger partial charge in [-0.2, -0.15) is 23.3 Å². The Labute approximate surface area is 225 Å². The number of aliphatic imine (C=N–C) groups is 1. The van der Waals surface area contributed by atoms with Crippen LogP contribution in [0.25, 0.3) is 0 Å². The van der Waals surface area contributed by atoms with Crippen molar-refractivity contribution in [2.24, 2.45) is 10.1 Å². The predicted octanol–water partition coefficient (Wildman–Crippen LogP) is 6.54. The van der Waals surface area contributed by atoms with Crippen molar-refractivity contribution < 1.29 is 22.8 Å². The van der Waals surface area contributed by atoms with E-state index in [2.05, 4.69) is 10.3 Å². The fourth-order valence-electron chi connectivity index (χ4n) is 4.25. The van der Waals surface area contributed by atoms with Gasteiger partial charge in [0.1, 0.15) is 5.25 Å². The summed E-state index contributed by atoms with van der Waals surface area (Å²) in [6.07, 6.45) is -4.41. The predicted molar refractivity (Wildman–Crippen MR) is 142 cm³/mol. The van der Waals surface area contributed by atoms with Gasteiger partial charge in [-0.05, 0) is 35.4 Å². The molecule has 2 unspecified atom stereocenters. The number of nitrogens with zero attached hydrogens (tertiary/aromatic N) is 3. The van der Waals surface area contributed by atoms with Crippen molar-refractivity contribution in [2.45, 2.75) is 30.3 Å². The Balaban J connectivity index is 1.34. The molecule has 5 rings (SSSR count). The molecule has 0 aromatic heterocycles. The molecule has 3 aromatic rings. The van der Waals surface area contributed by atoms with Crippen LogP contribution in [0.5, 0.6) is 0 Å². The van der Waals surface area contributed by atoms with Crippen molar-refractivity contribution in [2.75, 3.05) is 5.32 Å². The van der Waals surface area contributed by atoms with E-state index in [9.17, 15) is 22.8 Å². The Morgan fingerprint density at radius 1 is 1.03 bits per heavy atom. The SMILES string of the molecule is O=C(CC1SC(N2N=C(c3ccccc3)CC2c2ccc(Cl)cc2)=NC1=O)Nc1ccccc1C(F)(F)F. The number of hydrogen-bond acceptors (Lipinski definition) is 5. The number of halogens is 4. The molecule has 0 saturated carbocycles. The van der Waals surface area contributed by atoms with Crippen LogP contribution in [0.2, 0.25) is 5.02 Å². The minimum Gasteiger partial charge on any atom is -0.325 e. The van der Waals surface area contributed by atoms with Crippen LogP contribution in [0, 0.1) is 0 Å². The van der Waals surface area contributed by atoms with Gasteiger partial charge in [-0.25, -0.2) is 5.01 Å². The van der Waals surface area contributed by atoms with Gasteiger partial charge in [-0.15, -0.1) is 0 Å². The van der Waals surface area contributed by atoms with E-state index in [4.69, 9.17) is 16.7 Å². The van der Waals surface area contributed by atoms with E-state index in [1.54, 1.807) is 17.1 Å². The molecule has 38 heavy (non-hydrogen) atoms. The number of anilines is 1. The lowest BCUT2D eigenvalue weighted by molar-refractivity contribution is -0.137. The highest BCUT2D eigenvalue weighted by Gasteiger charge is 2.39. The number of carbonyl (C=O) groups excluding carboxylic acids is 2. The highest BCUT2D eigenvalue weighted by Crippen LogP contribution is 2.39. The van der Waals surface area contributed by atoms with E-state index >= 15 is 0 Å². The summed E-state index contributed by atoms with van der Waals surface area (Å²) in [6.45, 7) is 0. The molecule has 0 spiro atoms. The number of amides is 2. The lowest BCUT2D eigenvalue weighted by atomic mass is 9.99. The highest BCUT2D eigenvalue weighted by atomic mass is 35.5. The molecular weight excluding hydrogens is 537 g/mol. The molecule has 2 aliphatic rings. The first kappa shape index (κ1) is 26.0. The Morgan fingerprint density at radius 2 is 1.71 bits per heavy atom. The molecule has 0 radical (unpaired) electrons. The first-order chi connectivity index (χ1) is 18.2. The van der Waals surface area contributed by atoms with Crippen molar-refractivity contribution in [3.8, 4) is 0 Å². The summed E-state index contributed by atoms with van der Waals surface area (Å²) in [4.78, 5) is 29.5. The molecule has 1 N–H and O–H groups in total. The monoisotopic (exact) mass is 556 g/mol. The largest absolute Gasteiger partial charge is 0.418 e. The van der Waals surface area contributed by atoms with Crippen molar-refractivity contribution in [1.82, 2.24) is 5.01 Å². The number of rotatable bonds is 5. The average Bonchev–Trinajstić information content (AvgIpc) is 3.49. The summed E-state index contributed by atoms with van der Waals surface area (Å²) < 4.78 is 39.9. The van der Waals surface area contributed by atoms with Crippen LogP contribution in [-0.4, -0.2) is 33.0 Å². The van der Waals surface area contributed by atoms with Crippen molar-refractivity contribution in [1.29, 1.82) is 0 Å². The summed E-state index contributed by atoms with van der Waals surface area (Å²) in [6, 6.07) is 21.4. The fraction of sp³-hybridized carbons (Fsp3) is 0.185. The summed E-state index contributed by atoms with van der Waals surface area (Å²) in [5.41, 5.74) is 1.35. The lowest BCUT2D eigenvalue weighted by Gasteiger charge is -2.23. The van der Waals surface area contributed by atoms with Crippen LogP contribution < -0.4 is 5.32 Å². The molecule has 194 valence electrons. The zero-order chi connectivity index (χ0) is 26.9. The molecule has 0 fully saturated rings. The van der Waals surface area contributed by atoms with Crippen LogP contribution in [-0.2, 0) is 15.8 Å². The molecule has 2 atom stereocenters. The normalized spacial score (nSPS) is 19.4. The first-order valence-corrected chi connectivity index (χ1v) is 12.9. The molecule has 3 aromatic carbocycles. The van der Waals surface area contributed by atoms with Gasteiger partial charge in [-0.3, -0.25) is 9.59 Å². The van der Waals surface area contributed by atoms with Gasteiger partial charge < -0.3 is 5.32 Å². The number of amidine groups is 1. The number of alkyl halides is 3. The van der Waals surface area contributed by atoms with Crippen molar-refractivity contribution >= 4 is 51.7 Å².